The molecule has 3 rings (SSSR count). The zero-order valence-electron chi connectivity index (χ0n) is 18.5. The average Bonchev–Trinajstić information content (AvgIpc) is 3.06. The maximum Gasteiger partial charge on any atom is 0.343 e. The van der Waals surface area contributed by atoms with E-state index in [1.807, 2.05) is 6.08 Å². The minimum Gasteiger partial charge on any atom is -0.482 e. The van der Waals surface area contributed by atoms with E-state index in [4.69, 9.17) is 14.2 Å². The number of rotatable bonds is 10. The fraction of sp³-hybridized carbons (Fsp3) is 0.625. The molecule has 0 amide bonds. The molecule has 6 atom stereocenters. The predicted octanol–water partition coefficient (Wildman–Crippen LogP) is 3.26. The summed E-state index contributed by atoms with van der Waals surface area (Å²) >= 11 is 0. The summed E-state index contributed by atoms with van der Waals surface area (Å²) < 4.78 is 22.4. The highest BCUT2D eigenvalue weighted by Crippen LogP contribution is 2.46. The van der Waals surface area contributed by atoms with Gasteiger partial charge in [-0.25, -0.2) is 4.79 Å². The van der Waals surface area contributed by atoms with Crippen LogP contribution in [0.1, 0.15) is 46.0 Å². The van der Waals surface area contributed by atoms with E-state index in [1.54, 1.807) is 24.3 Å². The van der Waals surface area contributed by atoms with Crippen LogP contribution in [-0.2, 0) is 9.53 Å². The Morgan fingerprint density at radius 1 is 1.35 bits per heavy atom. The van der Waals surface area contributed by atoms with Crippen molar-refractivity contribution in [1.29, 1.82) is 0 Å². The minimum atomic E-state index is -0.635. The largest absolute Gasteiger partial charge is 0.482 e. The van der Waals surface area contributed by atoms with Crippen LogP contribution in [0.15, 0.2) is 30.4 Å². The Balaban J connectivity index is 1.65. The van der Waals surface area contributed by atoms with Crippen molar-refractivity contribution in [1.82, 2.24) is 0 Å². The number of ether oxygens (including phenoxy) is 4. The van der Waals surface area contributed by atoms with Gasteiger partial charge >= 0.3 is 5.97 Å². The quantitative estimate of drug-likeness (QED) is 0.431. The van der Waals surface area contributed by atoms with Crippen LogP contribution in [0.2, 0.25) is 0 Å². The molecule has 0 radical (unpaired) electrons. The van der Waals surface area contributed by atoms with Crippen LogP contribution in [0.4, 0.5) is 0 Å². The lowest BCUT2D eigenvalue weighted by Crippen LogP contribution is -2.39. The number of aliphatic hydroxyl groups excluding tert-OH is 2. The summed E-state index contributed by atoms with van der Waals surface area (Å²) in [6.07, 6.45) is 6.28. The number of hydrogen-bond acceptors (Lipinski definition) is 7. The Bertz CT molecular complexity index is 762. The second-order valence-corrected chi connectivity index (χ2v) is 8.50. The van der Waals surface area contributed by atoms with Gasteiger partial charge in [-0.2, -0.15) is 0 Å². The fourth-order valence-corrected chi connectivity index (χ4v) is 4.23. The molecule has 1 aromatic rings. The highest BCUT2D eigenvalue weighted by Gasteiger charge is 2.47. The van der Waals surface area contributed by atoms with Crippen LogP contribution in [0.5, 0.6) is 17.2 Å². The zero-order chi connectivity index (χ0) is 22.4. The molecule has 1 aliphatic carbocycles. The molecule has 0 bridgehead atoms. The molecule has 2 aliphatic rings. The summed E-state index contributed by atoms with van der Waals surface area (Å²) in [5.74, 6) is 1.01. The van der Waals surface area contributed by atoms with Crippen LogP contribution in [-0.4, -0.2) is 54.3 Å². The number of unbranched alkanes of at least 4 members (excludes halogenated alkanes) is 1. The number of fused-ring (bicyclic) bond motifs is 2. The Labute approximate surface area is 184 Å². The lowest BCUT2D eigenvalue weighted by atomic mass is 9.95. The van der Waals surface area contributed by atoms with E-state index in [2.05, 4.69) is 18.6 Å². The number of benzene rings is 1. The van der Waals surface area contributed by atoms with Crippen LogP contribution in [0.3, 0.4) is 0 Å². The van der Waals surface area contributed by atoms with Gasteiger partial charge in [0.1, 0.15) is 12.2 Å². The van der Waals surface area contributed by atoms with Gasteiger partial charge in [-0.1, -0.05) is 51.3 Å². The van der Waals surface area contributed by atoms with Crippen molar-refractivity contribution < 1.29 is 34.0 Å². The first kappa shape index (κ1) is 23.4. The summed E-state index contributed by atoms with van der Waals surface area (Å²) in [6, 6.07) is 5.23. The van der Waals surface area contributed by atoms with Gasteiger partial charge < -0.3 is 29.2 Å². The third-order valence-electron chi connectivity index (χ3n) is 5.96. The number of carbonyl (C=O) groups is 1. The van der Waals surface area contributed by atoms with Gasteiger partial charge in [0.15, 0.2) is 18.1 Å². The van der Waals surface area contributed by atoms with Crippen LogP contribution in [0.25, 0.3) is 0 Å². The maximum atomic E-state index is 11.4. The summed E-state index contributed by atoms with van der Waals surface area (Å²) in [6.45, 7) is 4.09. The average molecular weight is 435 g/mol. The minimum absolute atomic E-state index is 0.229. The van der Waals surface area contributed by atoms with Gasteiger partial charge in [0.25, 0.3) is 0 Å². The van der Waals surface area contributed by atoms with E-state index in [-0.39, 0.29) is 24.7 Å². The van der Waals surface area contributed by atoms with Gasteiger partial charge in [0, 0.05) is 12.3 Å². The van der Waals surface area contributed by atoms with E-state index in [0.717, 1.165) is 12.8 Å². The monoisotopic (exact) mass is 434 g/mol. The Hall–Kier alpha value is -2.25. The van der Waals surface area contributed by atoms with E-state index < -0.39 is 18.2 Å². The molecule has 0 saturated heterocycles. The van der Waals surface area contributed by atoms with E-state index >= 15 is 0 Å². The third kappa shape index (κ3) is 5.92. The van der Waals surface area contributed by atoms with Gasteiger partial charge in [-0.05, 0) is 24.5 Å². The molecular formula is C24H34O7. The molecule has 1 fully saturated rings. The van der Waals surface area contributed by atoms with E-state index in [9.17, 15) is 15.0 Å². The second-order valence-electron chi connectivity index (χ2n) is 8.50. The molecule has 1 aromatic carbocycles. The molecule has 1 saturated carbocycles. The summed E-state index contributed by atoms with van der Waals surface area (Å²) in [5, 5.41) is 21.0. The molecule has 1 heterocycles. The normalized spacial score (nSPS) is 26.4. The standard InChI is InChI=1S/C24H34O7/c1-4-5-7-15(2)12-16(25)10-11-17-18(26)13-21-23(17)30-20-9-6-8-19(24(20)31-21)29-14-22(27)28-3/h6,8-11,15-18,21,23,25-26H,4-5,7,12-14H2,1-3H3. The van der Waals surface area contributed by atoms with Crippen molar-refractivity contribution >= 4 is 5.97 Å². The van der Waals surface area contributed by atoms with Crippen molar-refractivity contribution in [2.24, 2.45) is 11.8 Å². The predicted molar refractivity (Wildman–Crippen MR) is 115 cm³/mol. The van der Waals surface area contributed by atoms with Crippen molar-refractivity contribution in [3.05, 3.63) is 30.4 Å². The Morgan fingerprint density at radius 3 is 2.90 bits per heavy atom. The molecule has 7 nitrogen and oxygen atoms in total. The second kappa shape index (κ2) is 10.9. The van der Waals surface area contributed by atoms with E-state index in [1.165, 1.54) is 13.5 Å². The first-order chi connectivity index (χ1) is 14.9. The van der Waals surface area contributed by atoms with Crippen LogP contribution >= 0.6 is 0 Å². The molecular weight excluding hydrogens is 400 g/mol. The van der Waals surface area contributed by atoms with Crippen molar-refractivity contribution in [3.63, 3.8) is 0 Å². The summed E-state index contributed by atoms with van der Waals surface area (Å²) in [4.78, 5) is 11.4. The molecule has 2 N–H and O–H groups in total. The number of aliphatic hydroxyl groups is 2. The van der Waals surface area contributed by atoms with Gasteiger partial charge in [-0.15, -0.1) is 0 Å². The van der Waals surface area contributed by atoms with E-state index in [0.29, 0.717) is 36.0 Å². The molecule has 1 aliphatic heterocycles. The number of para-hydroxylation sites is 1. The molecule has 0 spiro atoms. The van der Waals surface area contributed by atoms with Gasteiger partial charge in [0.05, 0.1) is 19.3 Å². The molecule has 6 unspecified atom stereocenters. The first-order valence-corrected chi connectivity index (χ1v) is 11.1. The maximum absolute atomic E-state index is 11.4. The topological polar surface area (TPSA) is 94.5 Å². The summed E-state index contributed by atoms with van der Waals surface area (Å²) in [5.41, 5.74) is 0. The SMILES string of the molecule is CCCCC(C)CC(O)C=CC1C(O)CC2Oc3c(OCC(=O)OC)cccc3OC21. The smallest absolute Gasteiger partial charge is 0.343 e. The zero-order valence-corrected chi connectivity index (χ0v) is 18.5. The Kier molecular flexibility index (Phi) is 8.21. The van der Waals surface area contributed by atoms with Gasteiger partial charge in [-0.3, -0.25) is 0 Å². The van der Waals surface area contributed by atoms with Gasteiger partial charge in [0.2, 0.25) is 5.75 Å². The summed E-state index contributed by atoms with van der Waals surface area (Å²) in [7, 11) is 1.30. The number of methoxy groups -OCH3 is 1. The van der Waals surface area contributed by atoms with Crippen molar-refractivity contribution in [2.75, 3.05) is 13.7 Å². The number of esters is 1. The van der Waals surface area contributed by atoms with Crippen LogP contribution < -0.4 is 14.2 Å². The fourth-order valence-electron chi connectivity index (χ4n) is 4.23. The number of carbonyl (C=O) groups excluding carboxylic acids is 1. The molecule has 172 valence electrons. The lowest BCUT2D eigenvalue weighted by molar-refractivity contribution is -0.143. The molecule has 31 heavy (non-hydrogen) atoms. The first-order valence-electron chi connectivity index (χ1n) is 11.1. The van der Waals surface area contributed by atoms with Crippen molar-refractivity contribution in [2.45, 2.75) is 70.4 Å². The number of hydrogen-bond donors (Lipinski definition) is 2. The third-order valence-corrected chi connectivity index (χ3v) is 5.96. The highest BCUT2D eigenvalue weighted by molar-refractivity contribution is 5.71. The van der Waals surface area contributed by atoms with Crippen LogP contribution in [0, 0.1) is 11.8 Å². The Morgan fingerprint density at radius 2 is 2.16 bits per heavy atom. The van der Waals surface area contributed by atoms with Crippen molar-refractivity contribution in [3.8, 4) is 17.2 Å². The molecule has 0 aromatic heterocycles. The lowest BCUT2D eigenvalue weighted by Gasteiger charge is -2.32. The molecule has 7 heteroatoms. The highest BCUT2D eigenvalue weighted by atomic mass is 16.6.